The molecule has 0 atom stereocenters. The Bertz CT molecular complexity index is 394. The van der Waals surface area contributed by atoms with Gasteiger partial charge in [-0.2, -0.15) is 0 Å². The number of ketones is 1. The summed E-state index contributed by atoms with van der Waals surface area (Å²) < 4.78 is 5.80. The Kier molecular flexibility index (Phi) is 5.90. The van der Waals surface area contributed by atoms with Gasteiger partial charge in [-0.05, 0) is 49.8 Å². The minimum Gasteiger partial charge on any atom is -0.493 e. The Morgan fingerprint density at radius 3 is 2.67 bits per heavy atom. The molecule has 0 aromatic heterocycles. The van der Waals surface area contributed by atoms with Crippen molar-refractivity contribution in [1.29, 1.82) is 0 Å². The first kappa shape index (κ1) is 14.7. The first-order valence-corrected chi connectivity index (χ1v) is 6.71. The van der Waals surface area contributed by atoms with E-state index in [0.717, 1.165) is 25.2 Å². The van der Waals surface area contributed by atoms with Gasteiger partial charge in [0.2, 0.25) is 0 Å². The number of hydrogen-bond donors (Lipinski definition) is 0. The van der Waals surface area contributed by atoms with Crippen molar-refractivity contribution in [2.45, 2.75) is 47.0 Å². The summed E-state index contributed by atoms with van der Waals surface area (Å²) in [5.41, 5.74) is 2.50. The maximum Gasteiger partial charge on any atom is 0.129 e. The summed E-state index contributed by atoms with van der Waals surface area (Å²) in [6.45, 7) is 8.78. The van der Waals surface area contributed by atoms with Crippen LogP contribution in [-0.2, 0) is 11.2 Å². The van der Waals surface area contributed by atoms with Crippen LogP contribution < -0.4 is 4.74 Å². The molecule has 2 heteroatoms. The van der Waals surface area contributed by atoms with Crippen molar-refractivity contribution in [2.24, 2.45) is 5.92 Å². The molecule has 1 aromatic carbocycles. The second-order valence-electron chi connectivity index (χ2n) is 5.30. The highest BCUT2D eigenvalue weighted by Crippen LogP contribution is 2.23. The highest BCUT2D eigenvalue weighted by Gasteiger charge is 2.06. The molecule has 0 heterocycles. The summed E-state index contributed by atoms with van der Waals surface area (Å²) in [5.74, 6) is 1.77. The second-order valence-corrected chi connectivity index (χ2v) is 5.30. The van der Waals surface area contributed by atoms with Crippen LogP contribution in [0.5, 0.6) is 5.75 Å². The maximum absolute atomic E-state index is 10.9. The molecule has 0 unspecified atom stereocenters. The zero-order valence-corrected chi connectivity index (χ0v) is 12.0. The molecule has 0 aliphatic carbocycles. The average molecular weight is 248 g/mol. The quantitative estimate of drug-likeness (QED) is 0.730. The monoisotopic (exact) mass is 248 g/mol. The molecule has 0 bridgehead atoms. The van der Waals surface area contributed by atoms with Gasteiger partial charge in [-0.15, -0.1) is 0 Å². The summed E-state index contributed by atoms with van der Waals surface area (Å²) >= 11 is 0. The zero-order valence-electron chi connectivity index (χ0n) is 12.0. The van der Waals surface area contributed by atoms with Crippen molar-refractivity contribution >= 4 is 5.78 Å². The van der Waals surface area contributed by atoms with Crippen LogP contribution in [0.3, 0.4) is 0 Å². The van der Waals surface area contributed by atoms with Gasteiger partial charge in [0.1, 0.15) is 11.5 Å². The lowest BCUT2D eigenvalue weighted by molar-refractivity contribution is -0.117. The summed E-state index contributed by atoms with van der Waals surface area (Å²) in [5, 5.41) is 0. The summed E-state index contributed by atoms with van der Waals surface area (Å²) in [6, 6.07) is 6.18. The number of Topliss-reactive ketones (excluding diaryl/α,β-unsaturated/α-hetero) is 1. The van der Waals surface area contributed by atoms with Crippen LogP contribution in [0.15, 0.2) is 18.2 Å². The molecule has 0 saturated heterocycles. The summed E-state index contributed by atoms with van der Waals surface area (Å²) in [4.78, 5) is 10.9. The first-order valence-electron chi connectivity index (χ1n) is 6.71. The minimum atomic E-state index is 0.264. The van der Waals surface area contributed by atoms with Crippen molar-refractivity contribution in [3.05, 3.63) is 29.3 Å². The Balaban J connectivity index is 2.63. The number of carbonyl (C=O) groups excluding carboxylic acids is 1. The van der Waals surface area contributed by atoms with Gasteiger partial charge in [-0.3, -0.25) is 0 Å². The summed E-state index contributed by atoms with van der Waals surface area (Å²) in [7, 11) is 0. The largest absolute Gasteiger partial charge is 0.493 e. The van der Waals surface area contributed by atoms with E-state index in [0.29, 0.717) is 12.3 Å². The third-order valence-corrected chi connectivity index (χ3v) is 2.94. The van der Waals surface area contributed by atoms with Gasteiger partial charge in [0, 0.05) is 6.42 Å². The van der Waals surface area contributed by atoms with Gasteiger partial charge in [0.05, 0.1) is 6.61 Å². The Hall–Kier alpha value is -1.31. The highest BCUT2D eigenvalue weighted by molar-refractivity contribution is 5.75. The van der Waals surface area contributed by atoms with E-state index >= 15 is 0 Å². The van der Waals surface area contributed by atoms with E-state index in [1.54, 1.807) is 6.92 Å². The Morgan fingerprint density at radius 2 is 2.06 bits per heavy atom. The Labute approximate surface area is 110 Å². The first-order chi connectivity index (χ1) is 8.50. The smallest absolute Gasteiger partial charge is 0.129 e. The van der Waals surface area contributed by atoms with Crippen molar-refractivity contribution < 1.29 is 9.53 Å². The predicted octanol–water partition coefficient (Wildman–Crippen LogP) is 3.94. The van der Waals surface area contributed by atoms with E-state index in [2.05, 4.69) is 26.8 Å². The number of carbonyl (C=O) groups is 1. The minimum absolute atomic E-state index is 0.264. The van der Waals surface area contributed by atoms with E-state index in [4.69, 9.17) is 4.74 Å². The van der Waals surface area contributed by atoms with Crippen LogP contribution >= 0.6 is 0 Å². The normalized spacial score (nSPS) is 10.7. The SMILES string of the molecule is CC(=O)CCCc1cccc(OCC(C)C)c1C. The van der Waals surface area contributed by atoms with Crippen molar-refractivity contribution in [3.8, 4) is 5.75 Å². The van der Waals surface area contributed by atoms with Crippen molar-refractivity contribution in [1.82, 2.24) is 0 Å². The van der Waals surface area contributed by atoms with Gasteiger partial charge >= 0.3 is 0 Å². The number of benzene rings is 1. The van der Waals surface area contributed by atoms with Gasteiger partial charge in [-0.1, -0.05) is 26.0 Å². The Morgan fingerprint density at radius 1 is 1.33 bits per heavy atom. The summed E-state index contributed by atoms with van der Waals surface area (Å²) in [6.07, 6.45) is 2.53. The molecular formula is C16H24O2. The molecule has 0 saturated carbocycles. The van der Waals surface area contributed by atoms with Crippen molar-refractivity contribution in [2.75, 3.05) is 6.61 Å². The third kappa shape index (κ3) is 4.91. The number of rotatable bonds is 7. The second kappa shape index (κ2) is 7.20. The molecule has 0 radical (unpaired) electrons. The zero-order chi connectivity index (χ0) is 13.5. The molecule has 0 spiro atoms. The van der Waals surface area contributed by atoms with Crippen LogP contribution in [0.25, 0.3) is 0 Å². The van der Waals surface area contributed by atoms with E-state index < -0.39 is 0 Å². The molecule has 0 N–H and O–H groups in total. The molecule has 1 aromatic rings. The topological polar surface area (TPSA) is 26.3 Å². The van der Waals surface area contributed by atoms with E-state index in [9.17, 15) is 4.79 Å². The molecule has 1 rings (SSSR count). The molecule has 2 nitrogen and oxygen atoms in total. The maximum atomic E-state index is 10.9. The van der Waals surface area contributed by atoms with E-state index in [-0.39, 0.29) is 5.78 Å². The molecule has 0 fully saturated rings. The fourth-order valence-electron chi connectivity index (χ4n) is 1.87. The van der Waals surface area contributed by atoms with Crippen LogP contribution in [0.1, 0.15) is 44.7 Å². The van der Waals surface area contributed by atoms with Gasteiger partial charge < -0.3 is 9.53 Å². The van der Waals surface area contributed by atoms with Crippen LogP contribution in [0.2, 0.25) is 0 Å². The van der Waals surface area contributed by atoms with Gasteiger partial charge in [0.25, 0.3) is 0 Å². The molecule has 0 aliphatic heterocycles. The van der Waals surface area contributed by atoms with E-state index in [1.165, 1.54) is 11.1 Å². The lowest BCUT2D eigenvalue weighted by atomic mass is 10.0. The molecule has 0 amide bonds. The third-order valence-electron chi connectivity index (χ3n) is 2.94. The van der Waals surface area contributed by atoms with Gasteiger partial charge in [0.15, 0.2) is 0 Å². The number of ether oxygens (including phenoxy) is 1. The standard InChI is InChI=1S/C16H24O2/c1-12(2)11-18-16-10-6-9-15(14(16)4)8-5-7-13(3)17/h6,9-10,12H,5,7-8,11H2,1-4H3. The van der Waals surface area contributed by atoms with Gasteiger partial charge in [-0.25, -0.2) is 0 Å². The van der Waals surface area contributed by atoms with E-state index in [1.807, 2.05) is 12.1 Å². The molecule has 18 heavy (non-hydrogen) atoms. The lowest BCUT2D eigenvalue weighted by Gasteiger charge is -2.14. The van der Waals surface area contributed by atoms with Crippen molar-refractivity contribution in [3.63, 3.8) is 0 Å². The molecule has 100 valence electrons. The van der Waals surface area contributed by atoms with Crippen LogP contribution in [0, 0.1) is 12.8 Å². The fourth-order valence-corrected chi connectivity index (χ4v) is 1.87. The fraction of sp³-hybridized carbons (Fsp3) is 0.562. The van der Waals surface area contributed by atoms with Crippen LogP contribution in [0.4, 0.5) is 0 Å². The molecule has 0 aliphatic rings. The molecular weight excluding hydrogens is 224 g/mol. The average Bonchev–Trinajstić information content (AvgIpc) is 2.29. The number of aryl methyl sites for hydroxylation is 1. The van der Waals surface area contributed by atoms with Crippen LogP contribution in [-0.4, -0.2) is 12.4 Å². The highest BCUT2D eigenvalue weighted by atomic mass is 16.5. The lowest BCUT2D eigenvalue weighted by Crippen LogP contribution is -2.06. The predicted molar refractivity (Wildman–Crippen MR) is 75.1 cm³/mol. The number of hydrogen-bond acceptors (Lipinski definition) is 2.